The van der Waals surface area contributed by atoms with Crippen molar-refractivity contribution in [2.75, 3.05) is 18.0 Å². The Morgan fingerprint density at radius 3 is 3.00 bits per heavy atom. The third kappa shape index (κ3) is 2.06. The lowest BCUT2D eigenvalue weighted by atomic mass is 10.1. The Morgan fingerprint density at radius 2 is 2.35 bits per heavy atom. The molecule has 20 heavy (non-hydrogen) atoms. The second kappa shape index (κ2) is 4.68. The number of ether oxygens (including phenoxy) is 1. The van der Waals surface area contributed by atoms with Gasteiger partial charge < -0.3 is 15.4 Å². The second-order valence-corrected chi connectivity index (χ2v) is 5.39. The summed E-state index contributed by atoms with van der Waals surface area (Å²) in [4.78, 5) is 12.7. The van der Waals surface area contributed by atoms with Gasteiger partial charge >= 0.3 is 6.09 Å². The normalized spacial score (nSPS) is 14.9. The largest absolute Gasteiger partial charge is 0.443 e. The van der Waals surface area contributed by atoms with Crippen LogP contribution in [0.3, 0.4) is 0 Å². The average molecular weight is 336 g/mol. The molecule has 102 valence electrons. The number of carbonyl (C=O) groups is 1. The monoisotopic (exact) mass is 335 g/mol. The highest BCUT2D eigenvalue weighted by Crippen LogP contribution is 2.31. The Kier molecular flexibility index (Phi) is 2.99. The molecule has 1 saturated heterocycles. The van der Waals surface area contributed by atoms with E-state index in [4.69, 9.17) is 15.7 Å². The van der Waals surface area contributed by atoms with Gasteiger partial charge in [-0.05, 0) is 22.0 Å². The standard InChI is InChI=1S/C12H10BrN5O2/c13-8-1-10(17-5-9(6-17)20-12(15)19)11-7(2-14)3-16-18(11)4-8/h1,3-4,9H,5-6H2,(H2,15,19). The average Bonchev–Trinajstić information content (AvgIpc) is 2.74. The van der Waals surface area contributed by atoms with Crippen molar-refractivity contribution in [3.8, 4) is 6.07 Å². The van der Waals surface area contributed by atoms with Gasteiger partial charge in [0, 0.05) is 10.7 Å². The molecule has 1 fully saturated rings. The van der Waals surface area contributed by atoms with Crippen molar-refractivity contribution in [1.82, 2.24) is 9.61 Å². The van der Waals surface area contributed by atoms with Crippen LogP contribution in [0.1, 0.15) is 5.56 Å². The van der Waals surface area contributed by atoms with Gasteiger partial charge in [0.1, 0.15) is 17.7 Å². The van der Waals surface area contributed by atoms with E-state index in [1.54, 1.807) is 10.7 Å². The number of hydrogen-bond donors (Lipinski definition) is 1. The number of pyridine rings is 1. The maximum absolute atomic E-state index is 10.7. The number of amides is 1. The van der Waals surface area contributed by atoms with E-state index in [9.17, 15) is 4.79 Å². The minimum absolute atomic E-state index is 0.208. The van der Waals surface area contributed by atoms with Crippen molar-refractivity contribution in [3.63, 3.8) is 0 Å². The van der Waals surface area contributed by atoms with E-state index in [-0.39, 0.29) is 6.10 Å². The fourth-order valence-corrected chi connectivity index (χ4v) is 2.68. The van der Waals surface area contributed by atoms with Gasteiger partial charge in [-0.25, -0.2) is 9.31 Å². The van der Waals surface area contributed by atoms with Crippen molar-refractivity contribution in [2.24, 2.45) is 5.73 Å². The third-order valence-electron chi connectivity index (χ3n) is 3.15. The van der Waals surface area contributed by atoms with Gasteiger partial charge in [-0.1, -0.05) is 0 Å². The van der Waals surface area contributed by atoms with Crippen LogP contribution in [0.4, 0.5) is 10.5 Å². The zero-order valence-corrected chi connectivity index (χ0v) is 11.9. The molecule has 2 N–H and O–H groups in total. The minimum Gasteiger partial charge on any atom is -0.443 e. The molecule has 0 spiro atoms. The molecule has 0 aromatic carbocycles. The number of hydrogen-bond acceptors (Lipinski definition) is 5. The molecular weight excluding hydrogens is 326 g/mol. The molecule has 8 heteroatoms. The number of anilines is 1. The smallest absolute Gasteiger partial charge is 0.404 e. The highest BCUT2D eigenvalue weighted by molar-refractivity contribution is 9.10. The SMILES string of the molecule is N#Cc1cnn2cc(Br)cc(N3CC(OC(N)=O)C3)c12. The summed E-state index contributed by atoms with van der Waals surface area (Å²) in [5.41, 5.74) is 7.11. The molecule has 0 unspecified atom stereocenters. The van der Waals surface area contributed by atoms with E-state index >= 15 is 0 Å². The quantitative estimate of drug-likeness (QED) is 0.890. The summed E-state index contributed by atoms with van der Waals surface area (Å²) >= 11 is 3.42. The maximum Gasteiger partial charge on any atom is 0.404 e. The summed E-state index contributed by atoms with van der Waals surface area (Å²) in [7, 11) is 0. The number of carbonyl (C=O) groups excluding carboxylic acids is 1. The summed E-state index contributed by atoms with van der Waals surface area (Å²) in [5, 5.41) is 13.3. The molecule has 2 aromatic rings. The van der Waals surface area contributed by atoms with Crippen LogP contribution in [-0.4, -0.2) is 34.9 Å². The van der Waals surface area contributed by atoms with E-state index < -0.39 is 6.09 Å². The lowest BCUT2D eigenvalue weighted by Gasteiger charge is -2.40. The maximum atomic E-state index is 10.7. The summed E-state index contributed by atoms with van der Waals surface area (Å²) in [6.45, 7) is 1.09. The summed E-state index contributed by atoms with van der Waals surface area (Å²) in [6.07, 6.45) is 2.34. The number of nitrogens with zero attached hydrogens (tertiary/aromatic N) is 4. The van der Waals surface area contributed by atoms with Crippen molar-refractivity contribution in [1.29, 1.82) is 5.26 Å². The van der Waals surface area contributed by atoms with Crippen molar-refractivity contribution >= 4 is 33.2 Å². The topological polar surface area (TPSA) is 96.7 Å². The molecular formula is C12H10BrN5O2. The molecule has 1 amide bonds. The van der Waals surface area contributed by atoms with Crippen LogP contribution in [0.2, 0.25) is 0 Å². The van der Waals surface area contributed by atoms with E-state index in [2.05, 4.69) is 27.1 Å². The van der Waals surface area contributed by atoms with Gasteiger partial charge in [0.25, 0.3) is 0 Å². The van der Waals surface area contributed by atoms with Crippen LogP contribution in [0, 0.1) is 11.3 Å². The Morgan fingerprint density at radius 1 is 1.60 bits per heavy atom. The molecule has 0 aliphatic carbocycles. The molecule has 7 nitrogen and oxygen atoms in total. The second-order valence-electron chi connectivity index (χ2n) is 4.47. The number of fused-ring (bicyclic) bond motifs is 1. The van der Waals surface area contributed by atoms with Crippen LogP contribution < -0.4 is 10.6 Å². The number of nitrogens with two attached hydrogens (primary N) is 1. The van der Waals surface area contributed by atoms with E-state index in [0.29, 0.717) is 18.7 Å². The zero-order valence-electron chi connectivity index (χ0n) is 10.3. The molecule has 0 atom stereocenters. The zero-order chi connectivity index (χ0) is 14.3. The van der Waals surface area contributed by atoms with E-state index in [1.165, 1.54) is 6.20 Å². The number of primary amides is 1. The highest BCUT2D eigenvalue weighted by atomic mass is 79.9. The number of rotatable bonds is 2. The van der Waals surface area contributed by atoms with Crippen LogP contribution in [0.5, 0.6) is 0 Å². The Hall–Kier alpha value is -2.27. The van der Waals surface area contributed by atoms with Crippen LogP contribution >= 0.6 is 15.9 Å². The molecule has 2 aromatic heterocycles. The van der Waals surface area contributed by atoms with Crippen molar-refractivity contribution < 1.29 is 9.53 Å². The molecule has 1 aliphatic rings. The van der Waals surface area contributed by atoms with Gasteiger partial charge in [0.2, 0.25) is 0 Å². The van der Waals surface area contributed by atoms with Crippen LogP contribution in [0.15, 0.2) is 22.9 Å². The summed E-state index contributed by atoms with van der Waals surface area (Å²) in [5.74, 6) is 0. The van der Waals surface area contributed by atoms with E-state index in [0.717, 1.165) is 15.7 Å². The first kappa shape index (κ1) is 12.7. The number of nitriles is 1. The number of halogens is 1. The predicted molar refractivity (Wildman–Crippen MR) is 74.3 cm³/mol. The molecule has 0 radical (unpaired) electrons. The third-order valence-corrected chi connectivity index (χ3v) is 3.58. The Labute approximate surface area is 122 Å². The van der Waals surface area contributed by atoms with Gasteiger partial charge in [-0.15, -0.1) is 0 Å². The minimum atomic E-state index is -0.767. The molecule has 1 aliphatic heterocycles. The molecule has 3 rings (SSSR count). The first-order valence-electron chi connectivity index (χ1n) is 5.86. The summed E-state index contributed by atoms with van der Waals surface area (Å²) in [6, 6.07) is 4.04. The summed E-state index contributed by atoms with van der Waals surface area (Å²) < 4.78 is 7.42. The van der Waals surface area contributed by atoms with Crippen LogP contribution in [-0.2, 0) is 4.74 Å². The highest BCUT2D eigenvalue weighted by Gasteiger charge is 2.31. The first-order chi connectivity index (χ1) is 9.58. The Bertz CT molecular complexity index is 729. The number of aromatic nitrogens is 2. The predicted octanol–water partition coefficient (Wildman–Crippen LogP) is 1.25. The molecule has 3 heterocycles. The van der Waals surface area contributed by atoms with Gasteiger partial charge in [0.15, 0.2) is 0 Å². The molecule has 0 saturated carbocycles. The van der Waals surface area contributed by atoms with Gasteiger partial charge in [0.05, 0.1) is 30.5 Å². The molecule has 0 bridgehead atoms. The van der Waals surface area contributed by atoms with Gasteiger partial charge in [-0.2, -0.15) is 10.4 Å². The Balaban J connectivity index is 1.94. The van der Waals surface area contributed by atoms with Gasteiger partial charge in [-0.3, -0.25) is 0 Å². The fraction of sp³-hybridized carbons (Fsp3) is 0.250. The lowest BCUT2D eigenvalue weighted by Crippen LogP contribution is -2.53. The van der Waals surface area contributed by atoms with E-state index in [1.807, 2.05) is 11.0 Å². The fourth-order valence-electron chi connectivity index (χ4n) is 2.27. The van der Waals surface area contributed by atoms with Crippen LogP contribution in [0.25, 0.3) is 5.52 Å². The first-order valence-corrected chi connectivity index (χ1v) is 6.66. The van der Waals surface area contributed by atoms with Crippen molar-refractivity contribution in [3.05, 3.63) is 28.5 Å². The lowest BCUT2D eigenvalue weighted by molar-refractivity contribution is 0.0890. The van der Waals surface area contributed by atoms with Crippen molar-refractivity contribution in [2.45, 2.75) is 6.10 Å².